The third-order valence-corrected chi connectivity index (χ3v) is 3.65. The van der Waals surface area contributed by atoms with Crippen molar-refractivity contribution in [1.82, 2.24) is 10.2 Å². The Morgan fingerprint density at radius 1 is 1.28 bits per heavy atom. The number of likely N-dealkylation sites (N-methyl/N-ethyl adjacent to an activating group) is 1. The van der Waals surface area contributed by atoms with Crippen LogP contribution in [0, 0.1) is 0 Å². The Balaban J connectivity index is 2.62. The zero-order chi connectivity index (χ0) is 13.8. The summed E-state index contributed by atoms with van der Waals surface area (Å²) in [5.74, 6) is 0. The minimum Gasteiger partial charge on any atom is -0.309 e. The molecule has 0 aliphatic carbocycles. The van der Waals surface area contributed by atoms with Crippen LogP contribution in [0.25, 0.3) is 0 Å². The maximum atomic E-state index is 11.1. The zero-order valence-electron chi connectivity index (χ0n) is 11.1. The highest BCUT2D eigenvalue weighted by Gasteiger charge is 2.09. The van der Waals surface area contributed by atoms with Gasteiger partial charge in [0.05, 0.1) is 4.90 Å². The Morgan fingerprint density at radius 3 is 2.28 bits per heavy atom. The predicted octanol–water partition coefficient (Wildman–Crippen LogP) is 0.546. The maximum Gasteiger partial charge on any atom is 0.238 e. The molecule has 0 bridgehead atoms. The second-order valence-electron chi connectivity index (χ2n) is 4.59. The van der Waals surface area contributed by atoms with Gasteiger partial charge in [-0.2, -0.15) is 0 Å². The molecule has 18 heavy (non-hydrogen) atoms. The van der Waals surface area contributed by atoms with Crippen LogP contribution in [0.1, 0.15) is 18.5 Å². The second kappa shape index (κ2) is 6.29. The largest absolute Gasteiger partial charge is 0.309 e. The molecule has 6 heteroatoms. The first-order chi connectivity index (χ1) is 8.30. The van der Waals surface area contributed by atoms with E-state index in [1.165, 1.54) is 12.1 Å². The molecule has 0 amide bonds. The number of hydrogen-bond donors (Lipinski definition) is 2. The number of primary sulfonamides is 1. The number of hydrogen-bond acceptors (Lipinski definition) is 4. The van der Waals surface area contributed by atoms with Crippen molar-refractivity contribution in [2.24, 2.45) is 5.14 Å². The van der Waals surface area contributed by atoms with Crippen molar-refractivity contribution >= 4 is 10.0 Å². The van der Waals surface area contributed by atoms with Crippen molar-refractivity contribution < 1.29 is 8.42 Å². The van der Waals surface area contributed by atoms with E-state index in [4.69, 9.17) is 5.14 Å². The van der Waals surface area contributed by atoms with E-state index in [0.717, 1.165) is 18.7 Å². The van der Waals surface area contributed by atoms with Gasteiger partial charge in [0.15, 0.2) is 0 Å². The average Bonchev–Trinajstić information content (AvgIpc) is 2.27. The molecule has 102 valence electrons. The molecule has 0 fully saturated rings. The summed E-state index contributed by atoms with van der Waals surface area (Å²) in [7, 11) is 0.442. The Labute approximate surface area is 109 Å². The second-order valence-corrected chi connectivity index (χ2v) is 6.15. The van der Waals surface area contributed by atoms with Gasteiger partial charge in [0.2, 0.25) is 10.0 Å². The SMILES string of the molecule is CC(NCCN(C)C)c1ccc(S(N)(=O)=O)cc1. The van der Waals surface area contributed by atoms with Gasteiger partial charge < -0.3 is 10.2 Å². The third kappa shape index (κ3) is 4.73. The van der Waals surface area contributed by atoms with Gasteiger partial charge in [-0.25, -0.2) is 13.6 Å². The molecule has 0 radical (unpaired) electrons. The lowest BCUT2D eigenvalue weighted by atomic mass is 10.1. The van der Waals surface area contributed by atoms with Gasteiger partial charge in [0.1, 0.15) is 0 Å². The van der Waals surface area contributed by atoms with Gasteiger partial charge in [-0.15, -0.1) is 0 Å². The van der Waals surface area contributed by atoms with Crippen molar-refractivity contribution in [3.63, 3.8) is 0 Å². The highest BCUT2D eigenvalue weighted by atomic mass is 32.2. The summed E-state index contributed by atoms with van der Waals surface area (Å²) >= 11 is 0. The van der Waals surface area contributed by atoms with Crippen molar-refractivity contribution in [3.8, 4) is 0 Å². The van der Waals surface area contributed by atoms with Gasteiger partial charge in [-0.3, -0.25) is 0 Å². The van der Waals surface area contributed by atoms with E-state index in [1.807, 2.05) is 21.0 Å². The summed E-state index contributed by atoms with van der Waals surface area (Å²) in [6, 6.07) is 6.82. The molecule has 0 saturated heterocycles. The molecule has 0 aliphatic heterocycles. The molecule has 0 aromatic heterocycles. The third-order valence-electron chi connectivity index (χ3n) is 2.72. The Bertz CT molecular complexity index is 469. The van der Waals surface area contributed by atoms with Crippen LogP contribution < -0.4 is 10.5 Å². The number of rotatable bonds is 6. The first-order valence-corrected chi connectivity index (χ1v) is 7.36. The smallest absolute Gasteiger partial charge is 0.238 e. The fourth-order valence-corrected chi connectivity index (χ4v) is 2.08. The van der Waals surface area contributed by atoms with E-state index >= 15 is 0 Å². The van der Waals surface area contributed by atoms with E-state index in [0.29, 0.717) is 0 Å². The molecule has 0 heterocycles. The molecule has 1 unspecified atom stereocenters. The normalized spacial score (nSPS) is 13.8. The molecule has 5 nitrogen and oxygen atoms in total. The lowest BCUT2D eigenvalue weighted by molar-refractivity contribution is 0.389. The van der Waals surface area contributed by atoms with E-state index < -0.39 is 10.0 Å². The van der Waals surface area contributed by atoms with E-state index in [-0.39, 0.29) is 10.9 Å². The van der Waals surface area contributed by atoms with Crippen LogP contribution in [0.5, 0.6) is 0 Å². The van der Waals surface area contributed by atoms with Gasteiger partial charge in [0.25, 0.3) is 0 Å². The van der Waals surface area contributed by atoms with Crippen LogP contribution in [-0.4, -0.2) is 40.5 Å². The number of nitrogens with one attached hydrogen (secondary N) is 1. The van der Waals surface area contributed by atoms with Gasteiger partial charge in [-0.1, -0.05) is 12.1 Å². The summed E-state index contributed by atoms with van der Waals surface area (Å²) in [6.45, 7) is 3.88. The van der Waals surface area contributed by atoms with Crippen LogP contribution in [0.4, 0.5) is 0 Å². The number of nitrogens with two attached hydrogens (primary N) is 1. The monoisotopic (exact) mass is 271 g/mol. The minimum absolute atomic E-state index is 0.145. The van der Waals surface area contributed by atoms with E-state index in [1.54, 1.807) is 12.1 Å². The zero-order valence-corrected chi connectivity index (χ0v) is 11.9. The summed E-state index contributed by atoms with van der Waals surface area (Å²) in [5, 5.41) is 8.41. The molecule has 0 spiro atoms. The van der Waals surface area contributed by atoms with Crippen LogP contribution in [0.3, 0.4) is 0 Å². The van der Waals surface area contributed by atoms with Crippen LogP contribution in [0.2, 0.25) is 0 Å². The summed E-state index contributed by atoms with van der Waals surface area (Å²) < 4.78 is 22.2. The molecule has 3 N–H and O–H groups in total. The summed E-state index contributed by atoms with van der Waals surface area (Å²) in [4.78, 5) is 2.25. The standard InChI is InChI=1S/C12H21N3O2S/c1-10(14-8-9-15(2)3)11-4-6-12(7-5-11)18(13,16)17/h4-7,10,14H,8-9H2,1-3H3,(H2,13,16,17). The Hall–Kier alpha value is -0.950. The van der Waals surface area contributed by atoms with Crippen molar-refractivity contribution in [3.05, 3.63) is 29.8 Å². The lowest BCUT2D eigenvalue weighted by Gasteiger charge is -2.16. The molecule has 1 rings (SSSR count). The highest BCUT2D eigenvalue weighted by Crippen LogP contribution is 2.15. The van der Waals surface area contributed by atoms with Gasteiger partial charge in [-0.05, 0) is 38.7 Å². The van der Waals surface area contributed by atoms with E-state index in [9.17, 15) is 8.42 Å². The molecular formula is C12H21N3O2S. The number of nitrogens with zero attached hydrogens (tertiary/aromatic N) is 1. The first kappa shape index (κ1) is 15.1. The maximum absolute atomic E-state index is 11.1. The van der Waals surface area contributed by atoms with Crippen LogP contribution in [0.15, 0.2) is 29.2 Å². The summed E-state index contributed by atoms with van der Waals surface area (Å²) in [5.41, 5.74) is 1.04. The van der Waals surface area contributed by atoms with Crippen molar-refractivity contribution in [1.29, 1.82) is 0 Å². The van der Waals surface area contributed by atoms with E-state index in [2.05, 4.69) is 10.2 Å². The molecule has 1 aromatic carbocycles. The molecule has 0 aliphatic rings. The molecule has 0 saturated carbocycles. The fourth-order valence-electron chi connectivity index (χ4n) is 1.57. The Morgan fingerprint density at radius 2 is 1.83 bits per heavy atom. The number of sulfonamides is 1. The topological polar surface area (TPSA) is 75.4 Å². The highest BCUT2D eigenvalue weighted by molar-refractivity contribution is 7.89. The van der Waals surface area contributed by atoms with Crippen LogP contribution >= 0.6 is 0 Å². The average molecular weight is 271 g/mol. The fraction of sp³-hybridized carbons (Fsp3) is 0.500. The van der Waals surface area contributed by atoms with Crippen molar-refractivity contribution in [2.75, 3.05) is 27.2 Å². The van der Waals surface area contributed by atoms with Crippen molar-refractivity contribution in [2.45, 2.75) is 17.9 Å². The minimum atomic E-state index is -3.60. The summed E-state index contributed by atoms with van der Waals surface area (Å²) in [6.07, 6.45) is 0. The first-order valence-electron chi connectivity index (χ1n) is 5.81. The predicted molar refractivity (Wildman–Crippen MR) is 72.8 cm³/mol. The van der Waals surface area contributed by atoms with Gasteiger partial charge >= 0.3 is 0 Å². The van der Waals surface area contributed by atoms with Crippen LogP contribution in [-0.2, 0) is 10.0 Å². The molecular weight excluding hydrogens is 250 g/mol. The van der Waals surface area contributed by atoms with Gasteiger partial charge in [0, 0.05) is 19.1 Å². The quantitative estimate of drug-likeness (QED) is 0.792. The number of benzene rings is 1. The molecule has 1 aromatic rings. The Kier molecular flexibility index (Phi) is 5.28. The molecule has 1 atom stereocenters. The lowest BCUT2D eigenvalue weighted by Crippen LogP contribution is -2.28.